The van der Waals surface area contributed by atoms with Crippen LogP contribution in [-0.2, 0) is 4.79 Å². The predicted octanol–water partition coefficient (Wildman–Crippen LogP) is 3.08. The molecule has 1 amide bonds. The van der Waals surface area contributed by atoms with E-state index < -0.39 is 0 Å². The number of fused-ring (bicyclic) bond motifs is 1. The zero-order valence-electron chi connectivity index (χ0n) is 16.9. The number of hydrogen-bond donors (Lipinski definition) is 1. The molecule has 0 atom stereocenters. The van der Waals surface area contributed by atoms with E-state index in [1.807, 2.05) is 36.9 Å². The van der Waals surface area contributed by atoms with Crippen molar-refractivity contribution in [2.24, 2.45) is 5.92 Å². The maximum absolute atomic E-state index is 12.5. The van der Waals surface area contributed by atoms with Crippen LogP contribution in [0.15, 0.2) is 34.3 Å². The van der Waals surface area contributed by atoms with Gasteiger partial charge in [0.25, 0.3) is 5.56 Å². The van der Waals surface area contributed by atoms with Crippen LogP contribution < -0.4 is 5.56 Å². The zero-order valence-corrected chi connectivity index (χ0v) is 17.8. The van der Waals surface area contributed by atoms with Gasteiger partial charge in [-0.05, 0) is 49.8 Å². The Morgan fingerprint density at radius 2 is 2.03 bits per heavy atom. The number of aryl methyl sites for hydroxylation is 1. The van der Waals surface area contributed by atoms with Crippen LogP contribution >= 0.6 is 11.8 Å². The molecule has 1 fully saturated rings. The first kappa shape index (κ1) is 19.7. The molecule has 29 heavy (non-hydrogen) atoms. The Morgan fingerprint density at radius 1 is 1.28 bits per heavy atom. The molecule has 1 aliphatic heterocycles. The fourth-order valence-corrected chi connectivity index (χ4v) is 4.35. The predicted molar refractivity (Wildman–Crippen MR) is 115 cm³/mol. The second-order valence-corrected chi connectivity index (χ2v) is 8.70. The Balaban J connectivity index is 1.59. The van der Waals surface area contributed by atoms with Gasteiger partial charge in [-0.15, -0.1) is 0 Å². The van der Waals surface area contributed by atoms with E-state index in [1.54, 1.807) is 4.68 Å². The summed E-state index contributed by atoms with van der Waals surface area (Å²) in [5.41, 5.74) is 3.39. The lowest BCUT2D eigenvalue weighted by Gasteiger charge is -2.30. The van der Waals surface area contributed by atoms with Crippen LogP contribution in [0.25, 0.3) is 16.7 Å². The number of nitrogens with one attached hydrogen (secondary N) is 1. The van der Waals surface area contributed by atoms with Crippen molar-refractivity contribution in [2.75, 3.05) is 18.8 Å². The highest BCUT2D eigenvalue weighted by atomic mass is 32.2. The molecule has 8 heteroatoms. The van der Waals surface area contributed by atoms with Crippen molar-refractivity contribution < 1.29 is 4.79 Å². The van der Waals surface area contributed by atoms with Crippen LogP contribution in [0.3, 0.4) is 0 Å². The van der Waals surface area contributed by atoms with E-state index in [0.29, 0.717) is 22.1 Å². The van der Waals surface area contributed by atoms with E-state index in [1.165, 1.54) is 18.0 Å². The number of carbonyl (C=O) groups is 1. The Morgan fingerprint density at radius 3 is 2.79 bits per heavy atom. The highest BCUT2D eigenvalue weighted by Crippen LogP contribution is 2.22. The van der Waals surface area contributed by atoms with E-state index in [0.717, 1.165) is 42.7 Å². The molecule has 0 spiro atoms. The van der Waals surface area contributed by atoms with Crippen molar-refractivity contribution in [2.45, 2.75) is 38.8 Å². The first-order valence-electron chi connectivity index (χ1n) is 9.89. The number of benzene rings is 1. The van der Waals surface area contributed by atoms with E-state index >= 15 is 0 Å². The highest BCUT2D eigenvalue weighted by molar-refractivity contribution is 7.99. The normalized spacial score (nSPS) is 15.2. The van der Waals surface area contributed by atoms with Gasteiger partial charge in [-0.2, -0.15) is 5.10 Å². The van der Waals surface area contributed by atoms with E-state index in [9.17, 15) is 9.59 Å². The summed E-state index contributed by atoms with van der Waals surface area (Å²) >= 11 is 1.27. The number of aromatic amines is 1. The summed E-state index contributed by atoms with van der Waals surface area (Å²) in [6, 6.07) is 5.97. The van der Waals surface area contributed by atoms with E-state index in [2.05, 4.69) is 22.0 Å². The summed E-state index contributed by atoms with van der Waals surface area (Å²) < 4.78 is 1.70. The minimum absolute atomic E-state index is 0.0904. The first-order valence-corrected chi connectivity index (χ1v) is 10.9. The van der Waals surface area contributed by atoms with Gasteiger partial charge in [-0.1, -0.05) is 30.8 Å². The molecule has 2 aromatic heterocycles. The molecule has 0 saturated carbocycles. The van der Waals surface area contributed by atoms with Crippen LogP contribution in [0, 0.1) is 19.8 Å². The molecule has 3 aromatic rings. The van der Waals surface area contributed by atoms with Crippen molar-refractivity contribution in [1.82, 2.24) is 24.6 Å². The summed E-state index contributed by atoms with van der Waals surface area (Å²) in [6.45, 7) is 7.91. The van der Waals surface area contributed by atoms with Crippen LogP contribution in [0.1, 0.15) is 30.9 Å². The van der Waals surface area contributed by atoms with Crippen LogP contribution in [-0.4, -0.2) is 49.4 Å². The number of nitrogens with zero attached hydrogens (tertiary/aromatic N) is 4. The number of carbonyl (C=O) groups excluding carboxylic acids is 1. The second-order valence-electron chi connectivity index (χ2n) is 7.74. The lowest BCUT2D eigenvalue weighted by molar-refractivity contribution is -0.129. The summed E-state index contributed by atoms with van der Waals surface area (Å²) in [4.78, 5) is 34.3. The van der Waals surface area contributed by atoms with Crippen LogP contribution in [0.4, 0.5) is 0 Å². The number of likely N-dealkylation sites (tertiary alicyclic amines) is 1. The van der Waals surface area contributed by atoms with E-state index in [4.69, 9.17) is 0 Å². The Bertz CT molecular complexity index is 1110. The van der Waals surface area contributed by atoms with Gasteiger partial charge in [0.05, 0.1) is 17.6 Å². The lowest BCUT2D eigenvalue weighted by Crippen LogP contribution is -2.38. The highest BCUT2D eigenvalue weighted by Gasteiger charge is 2.21. The van der Waals surface area contributed by atoms with Gasteiger partial charge in [0, 0.05) is 13.1 Å². The first-order chi connectivity index (χ1) is 13.9. The molecule has 3 heterocycles. The summed E-state index contributed by atoms with van der Waals surface area (Å²) in [6.07, 6.45) is 3.64. The van der Waals surface area contributed by atoms with Gasteiger partial charge in [-0.25, -0.2) is 9.67 Å². The number of amides is 1. The lowest BCUT2D eigenvalue weighted by atomic mass is 9.99. The molecule has 0 bridgehead atoms. The number of rotatable bonds is 4. The summed E-state index contributed by atoms with van der Waals surface area (Å²) in [5, 5.41) is 5.27. The quantitative estimate of drug-likeness (QED) is 0.527. The average Bonchev–Trinajstić information content (AvgIpc) is 3.13. The standard InChI is InChI=1S/C21H25N5O2S/c1-13-7-9-25(10-8-13)18(27)12-29-21-23-19-16(20(28)24-21)11-22-26(19)17-6-4-5-14(2)15(17)3/h4-6,11,13H,7-10,12H2,1-3H3,(H,23,24,28). The smallest absolute Gasteiger partial charge is 0.262 e. The number of hydrogen-bond acceptors (Lipinski definition) is 5. The van der Waals surface area contributed by atoms with Gasteiger partial charge in [0.1, 0.15) is 5.39 Å². The van der Waals surface area contributed by atoms with Crippen LogP contribution in [0.2, 0.25) is 0 Å². The summed E-state index contributed by atoms with van der Waals surface area (Å²) in [7, 11) is 0. The minimum atomic E-state index is -0.242. The Hall–Kier alpha value is -2.61. The molecule has 0 radical (unpaired) electrons. The average molecular weight is 412 g/mol. The Labute approximate surface area is 173 Å². The largest absolute Gasteiger partial charge is 0.342 e. The molecule has 0 aliphatic carbocycles. The molecule has 1 aromatic carbocycles. The molecular formula is C21H25N5O2S. The van der Waals surface area contributed by atoms with Crippen molar-refractivity contribution in [3.63, 3.8) is 0 Å². The van der Waals surface area contributed by atoms with E-state index in [-0.39, 0.29) is 17.2 Å². The maximum atomic E-state index is 12.5. The van der Waals surface area contributed by atoms with Crippen molar-refractivity contribution in [3.05, 3.63) is 45.9 Å². The van der Waals surface area contributed by atoms with Crippen molar-refractivity contribution in [1.29, 1.82) is 0 Å². The van der Waals surface area contributed by atoms with Gasteiger partial charge < -0.3 is 9.88 Å². The van der Waals surface area contributed by atoms with Crippen LogP contribution in [0.5, 0.6) is 0 Å². The maximum Gasteiger partial charge on any atom is 0.262 e. The van der Waals surface area contributed by atoms with Gasteiger partial charge in [-0.3, -0.25) is 9.59 Å². The third kappa shape index (κ3) is 3.94. The van der Waals surface area contributed by atoms with Gasteiger partial charge in [0.2, 0.25) is 5.91 Å². The van der Waals surface area contributed by atoms with Crippen molar-refractivity contribution in [3.8, 4) is 5.69 Å². The molecule has 7 nitrogen and oxygen atoms in total. The number of aromatic nitrogens is 4. The third-order valence-corrected chi connectivity index (χ3v) is 6.55. The van der Waals surface area contributed by atoms with Gasteiger partial charge >= 0.3 is 0 Å². The van der Waals surface area contributed by atoms with Crippen molar-refractivity contribution >= 4 is 28.7 Å². The molecule has 152 valence electrons. The topological polar surface area (TPSA) is 83.9 Å². The molecular weight excluding hydrogens is 386 g/mol. The number of H-pyrrole nitrogens is 1. The van der Waals surface area contributed by atoms with Gasteiger partial charge in [0.15, 0.2) is 10.8 Å². The fourth-order valence-electron chi connectivity index (χ4n) is 3.59. The third-order valence-electron chi connectivity index (χ3n) is 5.69. The fraction of sp³-hybridized carbons (Fsp3) is 0.429. The molecule has 1 N–H and O–H groups in total. The zero-order chi connectivity index (χ0) is 20.5. The minimum Gasteiger partial charge on any atom is -0.342 e. The molecule has 4 rings (SSSR count). The molecule has 1 saturated heterocycles. The SMILES string of the molecule is Cc1cccc(-n2ncc3c(=O)[nH]c(SCC(=O)N4CCC(C)CC4)nc32)c1C. The molecule has 1 aliphatic rings. The summed E-state index contributed by atoms with van der Waals surface area (Å²) in [5.74, 6) is 1.03. The number of thioether (sulfide) groups is 1. The Kier molecular flexibility index (Phi) is 5.45. The monoisotopic (exact) mass is 411 g/mol. The second kappa shape index (κ2) is 8.02. The number of piperidine rings is 1. The molecule has 0 unspecified atom stereocenters.